The van der Waals surface area contributed by atoms with Crippen LogP contribution in [0.4, 0.5) is 0 Å². The van der Waals surface area contributed by atoms with Gasteiger partial charge in [0.1, 0.15) is 5.69 Å². The van der Waals surface area contributed by atoms with Gasteiger partial charge in [-0.2, -0.15) is 5.10 Å². The molecule has 2 fully saturated rings. The second kappa shape index (κ2) is 9.52. The Morgan fingerprint density at radius 2 is 2.00 bits per heavy atom. The number of ether oxygens (including phenoxy) is 1. The Kier molecular flexibility index (Phi) is 7.07. The molecule has 0 aromatic carbocycles. The molecule has 1 atom stereocenters. The van der Waals surface area contributed by atoms with Crippen LogP contribution in [0.3, 0.4) is 0 Å². The minimum Gasteiger partial charge on any atom is -0.383 e. The van der Waals surface area contributed by atoms with Crippen LogP contribution in [0, 0.1) is 12.8 Å². The van der Waals surface area contributed by atoms with Crippen molar-refractivity contribution in [3.63, 3.8) is 0 Å². The zero-order valence-corrected chi connectivity index (χ0v) is 17.3. The number of aryl methyl sites for hydroxylation is 2. The van der Waals surface area contributed by atoms with Gasteiger partial charge in [-0.1, -0.05) is 0 Å². The number of carbonyl (C=O) groups excluding carboxylic acids is 2. The van der Waals surface area contributed by atoms with Gasteiger partial charge in [0.15, 0.2) is 0 Å². The minimum atomic E-state index is 0.0580. The van der Waals surface area contributed by atoms with Crippen molar-refractivity contribution in [2.45, 2.75) is 38.6 Å². The molecule has 2 aliphatic rings. The molecule has 8 heteroatoms. The van der Waals surface area contributed by atoms with E-state index in [1.54, 1.807) is 11.8 Å². The first kappa shape index (κ1) is 20.8. The number of nitrogens with zero attached hydrogens (tertiary/aromatic N) is 4. The summed E-state index contributed by atoms with van der Waals surface area (Å²) in [6.45, 7) is 6.40. The molecule has 8 nitrogen and oxygen atoms in total. The Morgan fingerprint density at radius 3 is 2.64 bits per heavy atom. The van der Waals surface area contributed by atoms with Crippen LogP contribution in [0.1, 0.15) is 41.9 Å². The molecule has 2 amide bonds. The molecule has 0 unspecified atom stereocenters. The standard InChI is InChI=1S/C20H33N5O3/c1-15-13-18(23(2)22-15)20(27)24-10-6-17(7-11-24)25-9-4-5-16(14-25)19(26)21-8-12-28-3/h13,16-17H,4-12,14H2,1-3H3,(H,21,26)/t16-/m0/s1. The lowest BCUT2D eigenvalue weighted by molar-refractivity contribution is -0.127. The number of carbonyl (C=O) groups is 2. The Balaban J connectivity index is 1.49. The highest BCUT2D eigenvalue weighted by atomic mass is 16.5. The molecular weight excluding hydrogens is 358 g/mol. The number of hydrogen-bond acceptors (Lipinski definition) is 5. The summed E-state index contributed by atoms with van der Waals surface area (Å²) in [5.41, 5.74) is 1.52. The Labute approximate surface area is 167 Å². The van der Waals surface area contributed by atoms with Crippen molar-refractivity contribution < 1.29 is 14.3 Å². The third-order valence-electron chi connectivity index (χ3n) is 5.92. The first-order valence-corrected chi connectivity index (χ1v) is 10.3. The quantitative estimate of drug-likeness (QED) is 0.726. The van der Waals surface area contributed by atoms with Gasteiger partial charge in [-0.25, -0.2) is 0 Å². The van der Waals surface area contributed by atoms with Gasteiger partial charge in [-0.05, 0) is 45.2 Å². The second-order valence-corrected chi connectivity index (χ2v) is 7.94. The Bertz CT molecular complexity index is 681. The molecule has 156 valence electrons. The molecule has 0 aliphatic carbocycles. The van der Waals surface area contributed by atoms with Gasteiger partial charge < -0.3 is 15.0 Å². The van der Waals surface area contributed by atoms with Gasteiger partial charge in [0.05, 0.1) is 18.2 Å². The SMILES string of the molecule is COCCNC(=O)[C@H]1CCCN(C2CCN(C(=O)c3cc(C)nn3C)CC2)C1. The predicted octanol–water partition coefficient (Wildman–Crippen LogP) is 0.808. The zero-order valence-electron chi connectivity index (χ0n) is 17.3. The molecule has 1 aromatic rings. The van der Waals surface area contributed by atoms with E-state index in [1.165, 1.54) is 0 Å². The Hall–Kier alpha value is -1.93. The molecule has 0 radical (unpaired) electrons. The first-order chi connectivity index (χ1) is 13.5. The molecule has 2 aliphatic heterocycles. The average molecular weight is 392 g/mol. The van der Waals surface area contributed by atoms with Crippen molar-refractivity contribution >= 4 is 11.8 Å². The predicted molar refractivity (Wildman–Crippen MR) is 106 cm³/mol. The van der Waals surface area contributed by atoms with Crippen molar-refractivity contribution in [2.24, 2.45) is 13.0 Å². The zero-order chi connectivity index (χ0) is 20.1. The summed E-state index contributed by atoms with van der Waals surface area (Å²) in [5, 5.41) is 7.25. The largest absolute Gasteiger partial charge is 0.383 e. The number of likely N-dealkylation sites (tertiary alicyclic amines) is 2. The van der Waals surface area contributed by atoms with Gasteiger partial charge >= 0.3 is 0 Å². The van der Waals surface area contributed by atoms with Crippen LogP contribution in [0.15, 0.2) is 6.07 Å². The van der Waals surface area contributed by atoms with E-state index in [4.69, 9.17) is 4.74 Å². The molecule has 0 spiro atoms. The molecule has 28 heavy (non-hydrogen) atoms. The van der Waals surface area contributed by atoms with Crippen LogP contribution >= 0.6 is 0 Å². The highest BCUT2D eigenvalue weighted by Gasteiger charge is 2.33. The number of amides is 2. The third-order valence-corrected chi connectivity index (χ3v) is 5.92. The lowest BCUT2D eigenvalue weighted by Gasteiger charge is -2.42. The minimum absolute atomic E-state index is 0.0580. The fourth-order valence-electron chi connectivity index (χ4n) is 4.38. The van der Waals surface area contributed by atoms with Crippen molar-refractivity contribution in [3.8, 4) is 0 Å². The van der Waals surface area contributed by atoms with E-state index in [0.29, 0.717) is 24.9 Å². The fraction of sp³-hybridized carbons (Fsp3) is 0.750. The van der Waals surface area contributed by atoms with Gasteiger partial charge in [0.25, 0.3) is 5.91 Å². The smallest absolute Gasteiger partial charge is 0.272 e. The maximum atomic E-state index is 12.8. The van der Waals surface area contributed by atoms with Crippen molar-refractivity contribution in [1.29, 1.82) is 0 Å². The highest BCUT2D eigenvalue weighted by Crippen LogP contribution is 2.24. The van der Waals surface area contributed by atoms with Crippen molar-refractivity contribution in [3.05, 3.63) is 17.5 Å². The summed E-state index contributed by atoms with van der Waals surface area (Å²) in [6, 6.07) is 2.30. The van der Waals surface area contributed by atoms with Crippen LogP contribution in [-0.4, -0.2) is 83.9 Å². The maximum absolute atomic E-state index is 12.8. The summed E-state index contributed by atoms with van der Waals surface area (Å²) in [4.78, 5) is 29.5. The van der Waals surface area contributed by atoms with Gasteiger partial charge in [0.2, 0.25) is 5.91 Å². The maximum Gasteiger partial charge on any atom is 0.272 e. The topological polar surface area (TPSA) is 79.7 Å². The number of rotatable bonds is 6. The summed E-state index contributed by atoms with van der Waals surface area (Å²) in [6.07, 6.45) is 3.92. The number of nitrogens with one attached hydrogen (secondary N) is 1. The van der Waals surface area contributed by atoms with E-state index >= 15 is 0 Å². The molecule has 1 aromatic heterocycles. The van der Waals surface area contributed by atoms with Crippen LogP contribution in [0.2, 0.25) is 0 Å². The van der Waals surface area contributed by atoms with E-state index in [1.807, 2.05) is 24.9 Å². The molecule has 3 heterocycles. The molecular formula is C20H33N5O3. The van der Waals surface area contributed by atoms with Gasteiger partial charge in [-0.3, -0.25) is 19.2 Å². The summed E-state index contributed by atoms with van der Waals surface area (Å²) < 4.78 is 6.67. The van der Waals surface area contributed by atoms with Crippen molar-refractivity contribution in [1.82, 2.24) is 24.9 Å². The van der Waals surface area contributed by atoms with E-state index in [-0.39, 0.29) is 17.7 Å². The summed E-state index contributed by atoms with van der Waals surface area (Å²) >= 11 is 0. The van der Waals surface area contributed by atoms with E-state index in [0.717, 1.165) is 57.6 Å². The van der Waals surface area contributed by atoms with E-state index in [9.17, 15) is 9.59 Å². The van der Waals surface area contributed by atoms with Crippen LogP contribution in [0.25, 0.3) is 0 Å². The number of methoxy groups -OCH3 is 1. The Morgan fingerprint density at radius 1 is 1.25 bits per heavy atom. The number of hydrogen-bond donors (Lipinski definition) is 1. The van der Waals surface area contributed by atoms with E-state index < -0.39 is 0 Å². The lowest BCUT2D eigenvalue weighted by atomic mass is 9.93. The van der Waals surface area contributed by atoms with Gasteiger partial charge in [-0.15, -0.1) is 0 Å². The molecule has 1 N–H and O–H groups in total. The number of piperidine rings is 2. The average Bonchev–Trinajstić information content (AvgIpc) is 3.05. The van der Waals surface area contributed by atoms with E-state index in [2.05, 4.69) is 15.3 Å². The van der Waals surface area contributed by atoms with Gasteiger partial charge in [0, 0.05) is 46.4 Å². The fourth-order valence-corrected chi connectivity index (χ4v) is 4.38. The summed E-state index contributed by atoms with van der Waals surface area (Å²) in [5.74, 6) is 0.263. The van der Waals surface area contributed by atoms with Crippen LogP contribution in [0.5, 0.6) is 0 Å². The molecule has 2 saturated heterocycles. The molecule has 0 saturated carbocycles. The molecule has 3 rings (SSSR count). The summed E-state index contributed by atoms with van der Waals surface area (Å²) in [7, 11) is 3.46. The van der Waals surface area contributed by atoms with Crippen LogP contribution in [-0.2, 0) is 16.6 Å². The normalized spacial score (nSPS) is 21.7. The molecule has 0 bridgehead atoms. The second-order valence-electron chi connectivity index (χ2n) is 7.94. The lowest BCUT2D eigenvalue weighted by Crippen LogP contribution is -2.51. The third kappa shape index (κ3) is 4.91. The highest BCUT2D eigenvalue weighted by molar-refractivity contribution is 5.92. The monoisotopic (exact) mass is 391 g/mol. The van der Waals surface area contributed by atoms with Crippen molar-refractivity contribution in [2.75, 3.05) is 46.4 Å². The number of aromatic nitrogens is 2. The first-order valence-electron chi connectivity index (χ1n) is 10.3. The van der Waals surface area contributed by atoms with Crippen LogP contribution < -0.4 is 5.32 Å².